The summed E-state index contributed by atoms with van der Waals surface area (Å²) in [5.74, 6) is 0.0629. The molecule has 0 unspecified atom stereocenters. The van der Waals surface area contributed by atoms with Crippen LogP contribution in [-0.4, -0.2) is 36.4 Å². The molecular formula is C13H16N2O3. The van der Waals surface area contributed by atoms with Gasteiger partial charge in [-0.2, -0.15) is 0 Å². The van der Waals surface area contributed by atoms with Crippen LogP contribution in [0.5, 0.6) is 5.75 Å². The lowest BCUT2D eigenvalue weighted by Gasteiger charge is -2.15. The van der Waals surface area contributed by atoms with Crippen LogP contribution in [0.2, 0.25) is 0 Å². The van der Waals surface area contributed by atoms with E-state index in [2.05, 4.69) is 0 Å². The maximum Gasteiger partial charge on any atom is 0.255 e. The van der Waals surface area contributed by atoms with Crippen LogP contribution in [0, 0.1) is 0 Å². The zero-order valence-electron chi connectivity index (χ0n) is 10.1. The van der Waals surface area contributed by atoms with E-state index in [0.717, 1.165) is 25.9 Å². The highest BCUT2D eigenvalue weighted by molar-refractivity contribution is 5.94. The number of likely N-dealkylation sites (tertiary alicyclic amines) is 1. The second-order valence-corrected chi connectivity index (χ2v) is 4.28. The summed E-state index contributed by atoms with van der Waals surface area (Å²) in [5, 5.41) is 0. The van der Waals surface area contributed by atoms with Gasteiger partial charge in [0.05, 0.1) is 0 Å². The van der Waals surface area contributed by atoms with E-state index < -0.39 is 5.91 Å². The quantitative estimate of drug-likeness (QED) is 0.856. The van der Waals surface area contributed by atoms with E-state index in [9.17, 15) is 9.59 Å². The van der Waals surface area contributed by atoms with Crippen molar-refractivity contribution in [2.24, 2.45) is 5.73 Å². The Morgan fingerprint density at radius 3 is 2.33 bits per heavy atom. The van der Waals surface area contributed by atoms with Gasteiger partial charge in [0.2, 0.25) is 0 Å². The molecule has 2 N–H and O–H groups in total. The number of rotatable bonds is 4. The van der Waals surface area contributed by atoms with Gasteiger partial charge in [0, 0.05) is 18.7 Å². The molecule has 1 aliphatic heterocycles. The monoisotopic (exact) mass is 248 g/mol. The molecule has 0 radical (unpaired) electrons. The van der Waals surface area contributed by atoms with Crippen molar-refractivity contribution in [2.75, 3.05) is 19.7 Å². The molecule has 2 rings (SSSR count). The number of nitrogens with zero attached hydrogens (tertiary/aromatic N) is 1. The van der Waals surface area contributed by atoms with Gasteiger partial charge in [-0.05, 0) is 37.1 Å². The lowest BCUT2D eigenvalue weighted by molar-refractivity contribution is -0.119. The van der Waals surface area contributed by atoms with Gasteiger partial charge in [-0.1, -0.05) is 0 Å². The predicted octanol–water partition coefficient (Wildman–Crippen LogP) is 0.787. The van der Waals surface area contributed by atoms with Crippen molar-refractivity contribution < 1.29 is 14.3 Å². The Labute approximate surface area is 106 Å². The molecule has 0 atom stereocenters. The van der Waals surface area contributed by atoms with E-state index >= 15 is 0 Å². The predicted molar refractivity (Wildman–Crippen MR) is 66.3 cm³/mol. The number of benzene rings is 1. The lowest BCUT2D eigenvalue weighted by Crippen LogP contribution is -2.27. The molecule has 1 heterocycles. The zero-order chi connectivity index (χ0) is 13.0. The number of primary amides is 1. The highest BCUT2D eigenvalue weighted by Crippen LogP contribution is 2.16. The summed E-state index contributed by atoms with van der Waals surface area (Å²) in [6, 6.07) is 6.76. The molecule has 1 aromatic rings. The second kappa shape index (κ2) is 5.53. The number of ether oxygens (including phenoxy) is 1. The number of amides is 2. The SMILES string of the molecule is NC(=O)COc1ccc(C(=O)N2CCCC2)cc1. The average Bonchev–Trinajstić information content (AvgIpc) is 2.90. The molecule has 0 spiro atoms. The molecular weight excluding hydrogens is 232 g/mol. The van der Waals surface area contributed by atoms with Crippen molar-refractivity contribution in [3.8, 4) is 5.75 Å². The summed E-state index contributed by atoms with van der Waals surface area (Å²) >= 11 is 0. The summed E-state index contributed by atoms with van der Waals surface area (Å²) in [6.07, 6.45) is 2.15. The van der Waals surface area contributed by atoms with E-state index in [-0.39, 0.29) is 12.5 Å². The molecule has 1 saturated heterocycles. The summed E-state index contributed by atoms with van der Waals surface area (Å²) < 4.78 is 5.13. The van der Waals surface area contributed by atoms with E-state index in [1.54, 1.807) is 24.3 Å². The van der Waals surface area contributed by atoms with Gasteiger partial charge in [0.1, 0.15) is 5.75 Å². The van der Waals surface area contributed by atoms with Crippen LogP contribution in [0.25, 0.3) is 0 Å². The summed E-state index contributed by atoms with van der Waals surface area (Å²) in [6.45, 7) is 1.51. The summed E-state index contributed by atoms with van der Waals surface area (Å²) in [5.41, 5.74) is 5.62. The molecule has 0 bridgehead atoms. The normalized spacial score (nSPS) is 14.6. The van der Waals surface area contributed by atoms with Crippen molar-refractivity contribution in [1.82, 2.24) is 4.90 Å². The third kappa shape index (κ3) is 3.00. The lowest BCUT2D eigenvalue weighted by atomic mass is 10.2. The molecule has 0 aliphatic carbocycles. The first-order chi connectivity index (χ1) is 8.66. The summed E-state index contributed by atoms with van der Waals surface area (Å²) in [7, 11) is 0. The van der Waals surface area contributed by atoms with Crippen LogP contribution in [0.3, 0.4) is 0 Å². The molecule has 96 valence electrons. The Kier molecular flexibility index (Phi) is 3.82. The van der Waals surface area contributed by atoms with Gasteiger partial charge in [-0.15, -0.1) is 0 Å². The summed E-state index contributed by atoms with van der Waals surface area (Å²) in [4.78, 5) is 24.4. The molecule has 1 aromatic carbocycles. The Morgan fingerprint density at radius 1 is 1.17 bits per heavy atom. The minimum atomic E-state index is -0.521. The number of carbonyl (C=O) groups excluding carboxylic acids is 2. The van der Waals surface area contributed by atoms with Gasteiger partial charge in [-0.3, -0.25) is 9.59 Å². The molecule has 0 saturated carbocycles. The van der Waals surface area contributed by atoms with Crippen LogP contribution in [0.4, 0.5) is 0 Å². The fraction of sp³-hybridized carbons (Fsp3) is 0.385. The van der Waals surface area contributed by atoms with E-state index in [0.29, 0.717) is 11.3 Å². The first-order valence-corrected chi connectivity index (χ1v) is 5.97. The van der Waals surface area contributed by atoms with E-state index in [1.807, 2.05) is 4.90 Å². The smallest absolute Gasteiger partial charge is 0.255 e. The highest BCUT2D eigenvalue weighted by Gasteiger charge is 2.19. The van der Waals surface area contributed by atoms with Crippen molar-refractivity contribution in [3.63, 3.8) is 0 Å². The van der Waals surface area contributed by atoms with Gasteiger partial charge in [0.25, 0.3) is 11.8 Å². The van der Waals surface area contributed by atoms with E-state index in [4.69, 9.17) is 10.5 Å². The Morgan fingerprint density at radius 2 is 1.78 bits per heavy atom. The molecule has 1 aliphatic rings. The topological polar surface area (TPSA) is 72.6 Å². The van der Waals surface area contributed by atoms with Gasteiger partial charge >= 0.3 is 0 Å². The maximum atomic E-state index is 12.0. The number of hydrogen-bond donors (Lipinski definition) is 1. The molecule has 1 fully saturated rings. The van der Waals surface area contributed by atoms with Gasteiger partial charge in [-0.25, -0.2) is 0 Å². The average molecular weight is 248 g/mol. The van der Waals surface area contributed by atoms with Crippen LogP contribution in [-0.2, 0) is 4.79 Å². The third-order valence-corrected chi connectivity index (χ3v) is 2.88. The number of hydrogen-bond acceptors (Lipinski definition) is 3. The largest absolute Gasteiger partial charge is 0.484 e. The number of nitrogens with two attached hydrogens (primary N) is 1. The van der Waals surface area contributed by atoms with Crippen LogP contribution < -0.4 is 10.5 Å². The number of carbonyl (C=O) groups is 2. The zero-order valence-corrected chi connectivity index (χ0v) is 10.1. The molecule has 5 nitrogen and oxygen atoms in total. The van der Waals surface area contributed by atoms with Crippen LogP contribution in [0.15, 0.2) is 24.3 Å². The van der Waals surface area contributed by atoms with Gasteiger partial charge < -0.3 is 15.4 Å². The first-order valence-electron chi connectivity index (χ1n) is 5.97. The van der Waals surface area contributed by atoms with Crippen molar-refractivity contribution >= 4 is 11.8 Å². The minimum Gasteiger partial charge on any atom is -0.484 e. The molecule has 18 heavy (non-hydrogen) atoms. The third-order valence-electron chi connectivity index (χ3n) is 2.88. The van der Waals surface area contributed by atoms with Crippen LogP contribution in [0.1, 0.15) is 23.2 Å². The highest BCUT2D eigenvalue weighted by atomic mass is 16.5. The van der Waals surface area contributed by atoms with Crippen LogP contribution >= 0.6 is 0 Å². The van der Waals surface area contributed by atoms with Crippen molar-refractivity contribution in [2.45, 2.75) is 12.8 Å². The maximum absolute atomic E-state index is 12.0. The standard InChI is InChI=1S/C13H16N2O3/c14-12(16)9-18-11-5-3-10(4-6-11)13(17)15-7-1-2-8-15/h3-6H,1-2,7-9H2,(H2,14,16). The van der Waals surface area contributed by atoms with E-state index in [1.165, 1.54) is 0 Å². The Balaban J connectivity index is 1.98. The van der Waals surface area contributed by atoms with Gasteiger partial charge in [0.15, 0.2) is 6.61 Å². The second-order valence-electron chi connectivity index (χ2n) is 4.28. The fourth-order valence-electron chi connectivity index (χ4n) is 1.95. The molecule has 5 heteroatoms. The minimum absolute atomic E-state index is 0.0500. The van der Waals surface area contributed by atoms with Crippen molar-refractivity contribution in [3.05, 3.63) is 29.8 Å². The Hall–Kier alpha value is -2.04. The molecule has 2 amide bonds. The fourth-order valence-corrected chi connectivity index (χ4v) is 1.95. The molecule has 0 aromatic heterocycles. The Bertz CT molecular complexity index is 436. The first kappa shape index (κ1) is 12.4. The van der Waals surface area contributed by atoms with Crippen molar-refractivity contribution in [1.29, 1.82) is 0 Å².